The average Bonchev–Trinajstić information content (AvgIpc) is 3.51. The van der Waals surface area contributed by atoms with Gasteiger partial charge >= 0.3 is 0 Å². The van der Waals surface area contributed by atoms with Gasteiger partial charge in [-0.1, -0.05) is 43.2 Å². The van der Waals surface area contributed by atoms with Gasteiger partial charge in [0.05, 0.1) is 5.75 Å². The Hall–Kier alpha value is -1.89. The minimum Gasteiger partial charge on any atom is -0.335 e. The minimum absolute atomic E-state index is 0.129. The molecule has 0 aliphatic heterocycles. The Morgan fingerprint density at radius 1 is 1.14 bits per heavy atom. The monoisotopic (exact) mass is 416 g/mol. The molecule has 0 N–H and O–H groups in total. The summed E-state index contributed by atoms with van der Waals surface area (Å²) in [4.78, 5) is 15.2. The normalized spacial score (nSPS) is 17.4. The van der Waals surface area contributed by atoms with Gasteiger partial charge in [-0.05, 0) is 50.3 Å². The van der Waals surface area contributed by atoms with Crippen LogP contribution in [-0.2, 0) is 17.9 Å². The first-order chi connectivity index (χ1) is 14.2. The Kier molecular flexibility index (Phi) is 6.53. The quantitative estimate of drug-likeness (QED) is 0.582. The summed E-state index contributed by atoms with van der Waals surface area (Å²) < 4.78 is 15.4. The molecule has 2 fully saturated rings. The number of thioether (sulfide) groups is 1. The molecule has 29 heavy (non-hydrogen) atoms. The van der Waals surface area contributed by atoms with Crippen LogP contribution in [0.3, 0.4) is 0 Å². The molecule has 0 atom stereocenters. The molecular formula is C22H29FN4OS. The van der Waals surface area contributed by atoms with Crippen molar-refractivity contribution in [3.8, 4) is 0 Å². The summed E-state index contributed by atoms with van der Waals surface area (Å²) in [7, 11) is 0. The van der Waals surface area contributed by atoms with Crippen molar-refractivity contribution in [3.63, 3.8) is 0 Å². The molecule has 5 nitrogen and oxygen atoms in total. The van der Waals surface area contributed by atoms with Crippen molar-refractivity contribution in [2.24, 2.45) is 0 Å². The average molecular weight is 417 g/mol. The van der Waals surface area contributed by atoms with E-state index >= 15 is 0 Å². The lowest BCUT2D eigenvalue weighted by Crippen LogP contribution is -2.42. The molecule has 0 spiro atoms. The van der Waals surface area contributed by atoms with Crippen LogP contribution in [0, 0.1) is 5.82 Å². The fourth-order valence-corrected chi connectivity index (χ4v) is 5.05. The van der Waals surface area contributed by atoms with Gasteiger partial charge in [-0.25, -0.2) is 4.39 Å². The van der Waals surface area contributed by atoms with Gasteiger partial charge in [0, 0.05) is 25.0 Å². The Morgan fingerprint density at radius 3 is 2.52 bits per heavy atom. The fraction of sp³-hybridized carbons (Fsp3) is 0.591. The lowest BCUT2D eigenvalue weighted by atomic mass is 9.94. The molecule has 4 rings (SSSR count). The molecule has 0 saturated heterocycles. The van der Waals surface area contributed by atoms with Gasteiger partial charge in [-0.2, -0.15) is 0 Å². The number of aromatic nitrogens is 3. The van der Waals surface area contributed by atoms with E-state index in [1.165, 1.54) is 56.0 Å². The van der Waals surface area contributed by atoms with Crippen LogP contribution in [-0.4, -0.2) is 37.4 Å². The molecule has 0 unspecified atom stereocenters. The lowest BCUT2D eigenvalue weighted by Gasteiger charge is -2.34. The smallest absolute Gasteiger partial charge is 0.233 e. The van der Waals surface area contributed by atoms with Gasteiger partial charge in [-0.3, -0.25) is 4.79 Å². The van der Waals surface area contributed by atoms with Gasteiger partial charge in [0.15, 0.2) is 5.16 Å². The third-order valence-electron chi connectivity index (χ3n) is 5.93. The van der Waals surface area contributed by atoms with Crippen molar-refractivity contribution in [1.29, 1.82) is 0 Å². The summed E-state index contributed by atoms with van der Waals surface area (Å²) in [6, 6.07) is 6.77. The molecule has 7 heteroatoms. The van der Waals surface area contributed by atoms with E-state index in [-0.39, 0.29) is 17.8 Å². The van der Waals surface area contributed by atoms with Crippen molar-refractivity contribution >= 4 is 17.7 Å². The molecule has 156 valence electrons. The SMILES string of the molecule is CCn1c(SCC(=O)N(Cc2ccc(F)cc2)C2CCCCC2)nnc1C1CC1. The van der Waals surface area contributed by atoms with E-state index in [0.29, 0.717) is 18.2 Å². The molecule has 2 aliphatic rings. The van der Waals surface area contributed by atoms with E-state index in [1.807, 2.05) is 4.90 Å². The fourth-order valence-electron chi connectivity index (χ4n) is 4.16. The van der Waals surface area contributed by atoms with Gasteiger partial charge in [0.1, 0.15) is 11.6 Å². The van der Waals surface area contributed by atoms with Crippen LogP contribution in [0.2, 0.25) is 0 Å². The summed E-state index contributed by atoms with van der Waals surface area (Å²) in [5.41, 5.74) is 0.975. The molecule has 1 aromatic carbocycles. The number of rotatable bonds is 8. The number of carbonyl (C=O) groups is 1. The highest BCUT2D eigenvalue weighted by Crippen LogP contribution is 2.40. The molecule has 0 radical (unpaired) electrons. The molecular weight excluding hydrogens is 387 g/mol. The standard InChI is InChI=1S/C22H29FN4OS/c1-2-26-21(17-10-11-17)24-25-22(26)29-15-20(28)27(19-6-4-3-5-7-19)14-16-8-12-18(23)13-9-16/h8-9,12-13,17,19H,2-7,10-11,14-15H2,1H3. The highest BCUT2D eigenvalue weighted by molar-refractivity contribution is 7.99. The lowest BCUT2D eigenvalue weighted by molar-refractivity contribution is -0.132. The second-order valence-electron chi connectivity index (χ2n) is 8.09. The molecule has 1 amide bonds. The summed E-state index contributed by atoms with van der Waals surface area (Å²) in [6.07, 6.45) is 8.06. The van der Waals surface area contributed by atoms with Crippen LogP contribution < -0.4 is 0 Å². The first-order valence-electron chi connectivity index (χ1n) is 10.8. The molecule has 2 aromatic rings. The number of carbonyl (C=O) groups excluding carboxylic acids is 1. The second kappa shape index (κ2) is 9.28. The van der Waals surface area contributed by atoms with E-state index in [0.717, 1.165) is 35.9 Å². The zero-order valence-corrected chi connectivity index (χ0v) is 17.8. The number of hydrogen-bond acceptors (Lipinski definition) is 4. The Labute approximate surface area is 176 Å². The van der Waals surface area contributed by atoms with Crippen molar-refractivity contribution in [2.75, 3.05) is 5.75 Å². The van der Waals surface area contributed by atoms with Crippen LogP contribution >= 0.6 is 11.8 Å². The molecule has 2 saturated carbocycles. The summed E-state index contributed by atoms with van der Waals surface area (Å²) in [5, 5.41) is 9.56. The van der Waals surface area contributed by atoms with E-state index in [9.17, 15) is 9.18 Å². The number of benzene rings is 1. The summed E-state index contributed by atoms with van der Waals surface area (Å²) in [5.74, 6) is 1.86. The number of hydrogen-bond donors (Lipinski definition) is 0. The van der Waals surface area contributed by atoms with Crippen molar-refractivity contribution in [3.05, 3.63) is 41.5 Å². The molecule has 1 heterocycles. The van der Waals surface area contributed by atoms with Gasteiger partial charge in [0.25, 0.3) is 0 Å². The van der Waals surface area contributed by atoms with Gasteiger partial charge in [0.2, 0.25) is 5.91 Å². The number of amides is 1. The van der Waals surface area contributed by atoms with E-state index in [4.69, 9.17) is 0 Å². The van der Waals surface area contributed by atoms with E-state index in [2.05, 4.69) is 21.7 Å². The Balaban J connectivity index is 1.45. The highest BCUT2D eigenvalue weighted by Gasteiger charge is 2.31. The topological polar surface area (TPSA) is 51.0 Å². The largest absolute Gasteiger partial charge is 0.335 e. The maximum Gasteiger partial charge on any atom is 0.233 e. The Bertz CT molecular complexity index is 828. The second-order valence-corrected chi connectivity index (χ2v) is 9.03. The van der Waals surface area contributed by atoms with Crippen LogP contribution in [0.25, 0.3) is 0 Å². The van der Waals surface area contributed by atoms with Crippen LogP contribution in [0.5, 0.6) is 0 Å². The van der Waals surface area contributed by atoms with E-state index < -0.39 is 0 Å². The van der Waals surface area contributed by atoms with Crippen LogP contribution in [0.15, 0.2) is 29.4 Å². The first-order valence-corrected chi connectivity index (χ1v) is 11.7. The summed E-state index contributed by atoms with van der Waals surface area (Å²) >= 11 is 1.49. The highest BCUT2D eigenvalue weighted by atomic mass is 32.2. The van der Waals surface area contributed by atoms with Crippen LogP contribution in [0.1, 0.15) is 69.2 Å². The van der Waals surface area contributed by atoms with Gasteiger partial charge in [-0.15, -0.1) is 10.2 Å². The van der Waals surface area contributed by atoms with Crippen LogP contribution in [0.4, 0.5) is 4.39 Å². The zero-order valence-electron chi connectivity index (χ0n) is 17.0. The third kappa shape index (κ3) is 5.00. The molecule has 0 bridgehead atoms. The molecule has 2 aliphatic carbocycles. The molecule has 1 aromatic heterocycles. The third-order valence-corrected chi connectivity index (χ3v) is 6.88. The maximum absolute atomic E-state index is 13.3. The predicted molar refractivity (Wildman–Crippen MR) is 112 cm³/mol. The minimum atomic E-state index is -0.245. The van der Waals surface area contributed by atoms with Crippen molar-refractivity contribution in [2.45, 2.75) is 82.1 Å². The van der Waals surface area contributed by atoms with Gasteiger partial charge < -0.3 is 9.47 Å². The van der Waals surface area contributed by atoms with Crippen molar-refractivity contribution in [1.82, 2.24) is 19.7 Å². The maximum atomic E-state index is 13.3. The summed E-state index contributed by atoms with van der Waals surface area (Å²) in [6.45, 7) is 3.47. The van der Waals surface area contributed by atoms with E-state index in [1.54, 1.807) is 12.1 Å². The first kappa shape index (κ1) is 20.4. The van der Waals surface area contributed by atoms with Crippen molar-refractivity contribution < 1.29 is 9.18 Å². The number of halogens is 1. The predicted octanol–water partition coefficient (Wildman–Crippen LogP) is 4.77. The zero-order chi connectivity index (χ0) is 20.2. The number of nitrogens with zero attached hydrogens (tertiary/aromatic N) is 4. The Morgan fingerprint density at radius 2 is 1.86 bits per heavy atom.